The van der Waals surface area contributed by atoms with Gasteiger partial charge in [-0.25, -0.2) is 4.79 Å². The molecule has 0 aromatic carbocycles. The Kier molecular flexibility index (Phi) is 7.49. The van der Waals surface area contributed by atoms with Gasteiger partial charge in [-0.1, -0.05) is 6.92 Å². The normalized spacial score (nSPS) is 53.1. The zero-order chi connectivity index (χ0) is 29.4. The van der Waals surface area contributed by atoms with E-state index in [2.05, 4.69) is 6.92 Å². The van der Waals surface area contributed by atoms with Crippen LogP contribution in [0.1, 0.15) is 71.6 Å². The molecule has 0 spiro atoms. The zero-order valence-corrected chi connectivity index (χ0v) is 24.6. The van der Waals surface area contributed by atoms with E-state index in [0.717, 1.165) is 31.1 Å². The van der Waals surface area contributed by atoms with Gasteiger partial charge in [0.2, 0.25) is 0 Å². The molecule has 2 heterocycles. The lowest BCUT2D eigenvalue weighted by molar-refractivity contribution is -0.323. The number of hydrogen-bond acceptors (Lipinski definition) is 10. The second kappa shape index (κ2) is 10.4. The first-order valence-electron chi connectivity index (χ1n) is 15.3. The summed E-state index contributed by atoms with van der Waals surface area (Å²) in [5.74, 6) is -0.499. The maximum absolute atomic E-state index is 13.1. The number of fused-ring (bicyclic) bond motifs is 5. The number of methoxy groups -OCH3 is 2. The van der Waals surface area contributed by atoms with E-state index in [9.17, 15) is 24.9 Å². The van der Waals surface area contributed by atoms with Crippen molar-refractivity contribution in [3.05, 3.63) is 11.6 Å². The number of aliphatic hydroxyl groups excluding tert-OH is 1. The van der Waals surface area contributed by atoms with E-state index < -0.39 is 52.7 Å². The van der Waals surface area contributed by atoms with E-state index in [1.165, 1.54) is 14.2 Å². The Morgan fingerprint density at radius 1 is 1.00 bits per heavy atom. The fourth-order valence-corrected chi connectivity index (χ4v) is 10.2. The largest absolute Gasteiger partial charge is 0.458 e. The van der Waals surface area contributed by atoms with E-state index in [1.54, 1.807) is 13.0 Å². The molecule has 1 saturated heterocycles. The molecule has 2 aliphatic heterocycles. The molecule has 10 heteroatoms. The van der Waals surface area contributed by atoms with Crippen molar-refractivity contribution < 1.29 is 48.6 Å². The molecule has 0 radical (unpaired) electrons. The summed E-state index contributed by atoms with van der Waals surface area (Å²) in [6, 6.07) is 0. The van der Waals surface area contributed by atoms with Crippen LogP contribution in [-0.2, 0) is 33.3 Å². The molecule has 13 atom stereocenters. The highest BCUT2D eigenvalue weighted by molar-refractivity contribution is 5.85. The maximum atomic E-state index is 13.1. The molecule has 6 rings (SSSR count). The summed E-state index contributed by atoms with van der Waals surface area (Å²) >= 11 is 0. The molecule has 4 saturated carbocycles. The molecule has 0 aromatic rings. The van der Waals surface area contributed by atoms with Crippen molar-refractivity contribution in [2.45, 2.75) is 120 Å². The number of aldehydes is 1. The van der Waals surface area contributed by atoms with Crippen molar-refractivity contribution in [3.63, 3.8) is 0 Å². The van der Waals surface area contributed by atoms with E-state index in [1.807, 2.05) is 0 Å². The fourth-order valence-electron chi connectivity index (χ4n) is 10.2. The van der Waals surface area contributed by atoms with Gasteiger partial charge in [0.25, 0.3) is 0 Å². The SMILES string of the molecule is CO[C@H]1[C@@H](O[C@H]2CC[C@]3(C=O)[C@@H]4CC[C@]5(C)[C@H](C6=CC(=O)OC6)CC[C@]5(O)[C@H]4CC[C@@]3(O)C2)O[C@@H](C)[C@@H](O)[C@@H]1OC. The highest BCUT2D eigenvalue weighted by atomic mass is 16.7. The molecule has 5 fully saturated rings. The average Bonchev–Trinajstić information content (AvgIpc) is 3.49. The molecular formula is C31H46O10. The van der Waals surface area contributed by atoms with Gasteiger partial charge in [0.05, 0.1) is 28.8 Å². The van der Waals surface area contributed by atoms with Crippen LogP contribution in [0.4, 0.5) is 0 Å². The second-order valence-corrected chi connectivity index (χ2v) is 13.8. The fraction of sp³-hybridized carbons (Fsp3) is 0.871. The molecule has 10 nitrogen and oxygen atoms in total. The van der Waals surface area contributed by atoms with Crippen LogP contribution in [0.2, 0.25) is 0 Å². The van der Waals surface area contributed by atoms with Crippen LogP contribution in [0.25, 0.3) is 0 Å². The van der Waals surface area contributed by atoms with Gasteiger partial charge in [0, 0.05) is 32.1 Å². The van der Waals surface area contributed by atoms with Gasteiger partial charge >= 0.3 is 5.97 Å². The summed E-state index contributed by atoms with van der Waals surface area (Å²) in [5, 5.41) is 35.2. The molecule has 3 N–H and O–H groups in total. The molecular weight excluding hydrogens is 532 g/mol. The lowest BCUT2D eigenvalue weighted by Gasteiger charge is -2.65. The average molecular weight is 579 g/mol. The van der Waals surface area contributed by atoms with Gasteiger partial charge in [-0.15, -0.1) is 0 Å². The Hall–Kier alpha value is -1.40. The van der Waals surface area contributed by atoms with E-state index in [0.29, 0.717) is 38.7 Å². The first-order valence-corrected chi connectivity index (χ1v) is 15.3. The summed E-state index contributed by atoms with van der Waals surface area (Å²) in [6.45, 7) is 4.20. The molecule has 0 unspecified atom stereocenters. The maximum Gasteiger partial charge on any atom is 0.331 e. The van der Waals surface area contributed by atoms with Gasteiger partial charge in [-0.3, -0.25) is 0 Å². The predicted molar refractivity (Wildman–Crippen MR) is 144 cm³/mol. The standard InChI is InChI=1S/C31H46O10/c1-17-24(34)25(37-3)26(38-4)27(40-17)41-19-5-10-29(16-32)21-6-9-28(2)20(18-13-23(33)39-15-18)8-12-31(28,36)22(21)7-11-30(29,35)14-19/h13,16-17,19-22,24-27,34-36H,5-12,14-15H2,1-4H3/t17-,19-,20-,21+,22-,24+,25-,26+,27+,28+,29-,30+,31-/m0/s1. The first-order chi connectivity index (χ1) is 19.5. The topological polar surface area (TPSA) is 141 Å². The van der Waals surface area contributed by atoms with E-state index in [-0.39, 0.29) is 36.2 Å². The Morgan fingerprint density at radius 2 is 1.73 bits per heavy atom. The second-order valence-electron chi connectivity index (χ2n) is 13.8. The minimum absolute atomic E-state index is 0.0677. The van der Waals surface area contributed by atoms with Crippen LogP contribution < -0.4 is 0 Å². The highest BCUT2D eigenvalue weighted by Gasteiger charge is 2.71. The van der Waals surface area contributed by atoms with Crippen LogP contribution in [0.3, 0.4) is 0 Å². The number of ether oxygens (including phenoxy) is 5. The number of rotatable bonds is 6. The van der Waals surface area contributed by atoms with Crippen LogP contribution in [0.5, 0.6) is 0 Å². The summed E-state index contributed by atoms with van der Waals surface area (Å²) < 4.78 is 28.7. The first kappa shape index (κ1) is 29.7. The van der Waals surface area contributed by atoms with Crippen molar-refractivity contribution >= 4 is 12.3 Å². The minimum atomic E-state index is -1.27. The molecule has 41 heavy (non-hydrogen) atoms. The van der Waals surface area contributed by atoms with Crippen molar-refractivity contribution in [2.75, 3.05) is 20.8 Å². The highest BCUT2D eigenvalue weighted by Crippen LogP contribution is 2.70. The van der Waals surface area contributed by atoms with Crippen molar-refractivity contribution in [2.24, 2.45) is 28.6 Å². The number of hydrogen-bond donors (Lipinski definition) is 3. The number of cyclic esters (lactones) is 1. The van der Waals surface area contributed by atoms with Crippen molar-refractivity contribution in [3.8, 4) is 0 Å². The minimum Gasteiger partial charge on any atom is -0.458 e. The van der Waals surface area contributed by atoms with E-state index in [4.69, 9.17) is 23.7 Å². The predicted octanol–water partition coefficient (Wildman–Crippen LogP) is 2.06. The van der Waals surface area contributed by atoms with Gasteiger partial charge < -0.3 is 43.8 Å². The van der Waals surface area contributed by atoms with Gasteiger partial charge in [-0.05, 0) is 81.6 Å². The van der Waals surface area contributed by atoms with Gasteiger partial charge in [0.15, 0.2) is 6.29 Å². The summed E-state index contributed by atoms with van der Waals surface area (Å²) in [7, 11) is 3.04. The lowest BCUT2D eigenvalue weighted by atomic mass is 9.41. The molecule has 4 aliphatic carbocycles. The van der Waals surface area contributed by atoms with Gasteiger partial charge in [0.1, 0.15) is 31.2 Å². The summed E-state index contributed by atoms with van der Waals surface area (Å²) in [5.41, 5.74) is -2.66. The van der Waals surface area contributed by atoms with Crippen LogP contribution in [-0.4, -0.2) is 96.4 Å². The number of carbonyl (C=O) groups is 2. The van der Waals surface area contributed by atoms with Crippen molar-refractivity contribution in [1.82, 2.24) is 0 Å². The smallest absolute Gasteiger partial charge is 0.331 e. The van der Waals surface area contributed by atoms with Crippen molar-refractivity contribution in [1.29, 1.82) is 0 Å². The third kappa shape index (κ3) is 4.15. The zero-order valence-electron chi connectivity index (χ0n) is 24.6. The molecule has 0 aromatic heterocycles. The van der Waals surface area contributed by atoms with Crippen LogP contribution >= 0.6 is 0 Å². The summed E-state index contributed by atoms with van der Waals surface area (Å²) in [4.78, 5) is 24.9. The molecule has 0 bridgehead atoms. The Balaban J connectivity index is 1.22. The Labute approximate surface area is 241 Å². The van der Waals surface area contributed by atoms with Gasteiger partial charge in [-0.2, -0.15) is 0 Å². The third-order valence-corrected chi connectivity index (χ3v) is 12.5. The quantitative estimate of drug-likeness (QED) is 0.244. The Bertz CT molecular complexity index is 1080. The van der Waals surface area contributed by atoms with Crippen LogP contribution in [0.15, 0.2) is 11.6 Å². The molecule has 230 valence electrons. The Morgan fingerprint density at radius 3 is 2.39 bits per heavy atom. The number of aliphatic hydroxyl groups is 3. The monoisotopic (exact) mass is 578 g/mol. The number of esters is 1. The lowest BCUT2D eigenvalue weighted by Crippen LogP contribution is -2.69. The molecule has 0 amide bonds. The third-order valence-electron chi connectivity index (χ3n) is 12.5. The molecule has 6 aliphatic rings. The number of carbonyl (C=O) groups excluding carboxylic acids is 2. The van der Waals surface area contributed by atoms with Crippen LogP contribution in [0, 0.1) is 28.6 Å². The van der Waals surface area contributed by atoms with E-state index >= 15 is 0 Å². The summed E-state index contributed by atoms with van der Waals surface area (Å²) in [6.07, 6.45) is 3.93.